The van der Waals surface area contributed by atoms with Crippen molar-refractivity contribution in [3.05, 3.63) is 126 Å². The molecule has 4 aromatic rings. The maximum absolute atomic E-state index is 14.2. The van der Waals surface area contributed by atoms with E-state index in [2.05, 4.69) is 41.7 Å². The SMILES string of the molecule is COc1cc(-c2ccccc2)ccc1CC(=O)C1NC[C@H]2[C@H](O)[C@@H](O)CC(c3ccccc3)(c3ccccc3)[C@@H]12. The average molecular weight is 534 g/mol. The van der Waals surface area contributed by atoms with E-state index >= 15 is 0 Å². The molecule has 5 heteroatoms. The number of hydrogen-bond acceptors (Lipinski definition) is 5. The molecule has 0 aromatic heterocycles. The highest BCUT2D eigenvalue weighted by Crippen LogP contribution is 2.54. The number of aliphatic hydroxyl groups excluding tert-OH is 2. The molecule has 2 aliphatic rings. The third kappa shape index (κ3) is 4.54. The molecule has 2 fully saturated rings. The predicted molar refractivity (Wildman–Crippen MR) is 156 cm³/mol. The minimum Gasteiger partial charge on any atom is -0.496 e. The molecular weight excluding hydrogens is 498 g/mol. The van der Waals surface area contributed by atoms with Gasteiger partial charge in [-0.25, -0.2) is 0 Å². The lowest BCUT2D eigenvalue weighted by molar-refractivity contribution is -0.125. The summed E-state index contributed by atoms with van der Waals surface area (Å²) in [6, 6.07) is 35.9. The summed E-state index contributed by atoms with van der Waals surface area (Å²) in [4.78, 5) is 14.2. The zero-order valence-electron chi connectivity index (χ0n) is 22.6. The monoisotopic (exact) mass is 533 g/mol. The van der Waals surface area contributed by atoms with E-state index in [1.165, 1.54) is 0 Å². The molecule has 0 radical (unpaired) electrons. The van der Waals surface area contributed by atoms with E-state index in [1.54, 1.807) is 7.11 Å². The molecule has 4 aromatic carbocycles. The Kier molecular flexibility index (Phi) is 7.28. The quantitative estimate of drug-likeness (QED) is 0.318. The molecule has 1 aliphatic heterocycles. The van der Waals surface area contributed by atoms with Crippen LogP contribution in [-0.2, 0) is 16.6 Å². The van der Waals surface area contributed by atoms with Gasteiger partial charge in [0, 0.05) is 35.8 Å². The molecule has 1 heterocycles. The number of nitrogens with one attached hydrogen (secondary N) is 1. The van der Waals surface area contributed by atoms with Crippen molar-refractivity contribution in [1.29, 1.82) is 0 Å². The van der Waals surface area contributed by atoms with Gasteiger partial charge in [-0.15, -0.1) is 0 Å². The van der Waals surface area contributed by atoms with Crippen molar-refractivity contribution >= 4 is 5.78 Å². The van der Waals surface area contributed by atoms with E-state index in [0.29, 0.717) is 18.7 Å². The van der Waals surface area contributed by atoms with E-state index in [9.17, 15) is 15.0 Å². The lowest BCUT2D eigenvalue weighted by Gasteiger charge is -2.51. The zero-order valence-corrected chi connectivity index (χ0v) is 22.6. The number of hydrogen-bond donors (Lipinski definition) is 3. The molecular formula is C35H35NO4. The molecule has 5 atom stereocenters. The molecule has 0 amide bonds. The fourth-order valence-corrected chi connectivity index (χ4v) is 7.19. The molecule has 1 saturated heterocycles. The number of ketones is 1. The first kappa shape index (κ1) is 26.5. The number of fused-ring (bicyclic) bond motifs is 1. The fraction of sp³-hybridized carbons (Fsp3) is 0.286. The largest absolute Gasteiger partial charge is 0.496 e. The second-order valence-corrected chi connectivity index (χ2v) is 11.1. The minimum atomic E-state index is -0.907. The Hall–Kier alpha value is -3.77. The number of carbonyl (C=O) groups is 1. The number of rotatable bonds is 7. The second kappa shape index (κ2) is 11.0. The van der Waals surface area contributed by atoms with Crippen molar-refractivity contribution in [2.75, 3.05) is 13.7 Å². The van der Waals surface area contributed by atoms with Crippen molar-refractivity contribution in [3.63, 3.8) is 0 Å². The first-order valence-electron chi connectivity index (χ1n) is 14.0. The van der Waals surface area contributed by atoms with Crippen LogP contribution in [0, 0.1) is 11.8 Å². The number of Topliss-reactive ketones (excluding diaryl/α,β-unsaturated/α-hetero) is 1. The first-order chi connectivity index (χ1) is 19.5. The van der Waals surface area contributed by atoms with Crippen LogP contribution in [0.25, 0.3) is 11.1 Å². The van der Waals surface area contributed by atoms with Crippen LogP contribution in [0.4, 0.5) is 0 Å². The first-order valence-corrected chi connectivity index (χ1v) is 14.0. The summed E-state index contributed by atoms with van der Waals surface area (Å²) in [7, 11) is 1.64. The van der Waals surface area contributed by atoms with Crippen LogP contribution in [0.1, 0.15) is 23.1 Å². The summed E-state index contributed by atoms with van der Waals surface area (Å²) in [5, 5.41) is 25.8. The van der Waals surface area contributed by atoms with Crippen LogP contribution in [0.2, 0.25) is 0 Å². The van der Waals surface area contributed by atoms with Crippen molar-refractivity contribution in [3.8, 4) is 16.9 Å². The molecule has 5 nitrogen and oxygen atoms in total. The molecule has 6 rings (SSSR count). The van der Waals surface area contributed by atoms with Crippen LogP contribution in [-0.4, -0.2) is 47.9 Å². The Bertz CT molecular complexity index is 1420. The Morgan fingerprint density at radius 2 is 1.45 bits per heavy atom. The normalized spacial score (nSPS) is 25.2. The molecule has 1 aliphatic carbocycles. The smallest absolute Gasteiger partial charge is 0.154 e. The second-order valence-electron chi connectivity index (χ2n) is 11.1. The molecule has 1 saturated carbocycles. The van der Waals surface area contributed by atoms with Gasteiger partial charge in [0.15, 0.2) is 5.78 Å². The van der Waals surface area contributed by atoms with Crippen molar-refractivity contribution < 1.29 is 19.7 Å². The van der Waals surface area contributed by atoms with Gasteiger partial charge in [-0.3, -0.25) is 4.79 Å². The topological polar surface area (TPSA) is 78.8 Å². The fourth-order valence-electron chi connectivity index (χ4n) is 7.19. The summed E-state index contributed by atoms with van der Waals surface area (Å²) in [6.45, 7) is 0.463. The van der Waals surface area contributed by atoms with Crippen LogP contribution >= 0.6 is 0 Å². The Morgan fingerprint density at radius 1 is 0.850 bits per heavy atom. The summed E-state index contributed by atoms with van der Waals surface area (Å²) >= 11 is 0. The lowest BCUT2D eigenvalue weighted by Crippen LogP contribution is -2.58. The van der Waals surface area contributed by atoms with E-state index in [0.717, 1.165) is 27.8 Å². The maximum Gasteiger partial charge on any atom is 0.154 e. The standard InChI is InChI=1S/C35H35NO4/c1-40-31-20-24(23-11-5-2-6-12-23)17-18-25(31)19-29(37)33-32-28(22-36-33)34(39)30(38)21-35(32,26-13-7-3-8-14-26)27-15-9-4-10-16-27/h2-18,20,28,30,32-34,36,38-39H,19,21-22H2,1H3/t28-,30+,32-,33?,34+/m1/s1. The molecule has 3 N–H and O–H groups in total. The summed E-state index contributed by atoms with van der Waals surface area (Å²) in [5.41, 5.74) is 4.41. The van der Waals surface area contributed by atoms with Crippen LogP contribution in [0.5, 0.6) is 5.75 Å². The third-order valence-corrected chi connectivity index (χ3v) is 9.01. The van der Waals surface area contributed by atoms with Crippen LogP contribution in [0.15, 0.2) is 109 Å². The average Bonchev–Trinajstić information content (AvgIpc) is 3.47. The van der Waals surface area contributed by atoms with Gasteiger partial charge in [-0.2, -0.15) is 0 Å². The van der Waals surface area contributed by atoms with E-state index in [1.807, 2.05) is 72.8 Å². The number of ether oxygens (including phenoxy) is 1. The van der Waals surface area contributed by atoms with Crippen molar-refractivity contribution in [2.45, 2.75) is 36.5 Å². The number of carbonyl (C=O) groups excluding carboxylic acids is 1. The Balaban J connectivity index is 1.39. The van der Waals surface area contributed by atoms with Gasteiger partial charge in [-0.05, 0) is 34.7 Å². The summed E-state index contributed by atoms with van der Waals surface area (Å²) in [5.74, 6) is 0.220. The van der Waals surface area contributed by atoms with Gasteiger partial charge < -0.3 is 20.3 Å². The number of methoxy groups -OCH3 is 1. The maximum atomic E-state index is 14.2. The van der Waals surface area contributed by atoms with Gasteiger partial charge in [0.1, 0.15) is 5.75 Å². The highest BCUT2D eigenvalue weighted by molar-refractivity contribution is 5.88. The van der Waals surface area contributed by atoms with Crippen LogP contribution < -0.4 is 10.1 Å². The molecule has 0 spiro atoms. The highest BCUT2D eigenvalue weighted by atomic mass is 16.5. The zero-order chi connectivity index (χ0) is 27.7. The molecule has 40 heavy (non-hydrogen) atoms. The van der Waals surface area contributed by atoms with E-state index < -0.39 is 23.7 Å². The Morgan fingerprint density at radius 3 is 2.05 bits per heavy atom. The van der Waals surface area contributed by atoms with E-state index in [-0.39, 0.29) is 24.0 Å². The number of benzene rings is 4. The molecule has 204 valence electrons. The van der Waals surface area contributed by atoms with Crippen molar-refractivity contribution in [2.24, 2.45) is 11.8 Å². The van der Waals surface area contributed by atoms with Gasteiger partial charge >= 0.3 is 0 Å². The predicted octanol–water partition coefficient (Wildman–Crippen LogP) is 4.79. The summed E-state index contributed by atoms with van der Waals surface area (Å²) < 4.78 is 5.74. The minimum absolute atomic E-state index is 0.0538. The number of aliphatic hydroxyl groups is 2. The molecule has 0 bridgehead atoms. The van der Waals surface area contributed by atoms with Gasteiger partial charge in [0.25, 0.3) is 0 Å². The summed E-state index contributed by atoms with van der Waals surface area (Å²) in [6.07, 6.45) is -1.26. The van der Waals surface area contributed by atoms with Gasteiger partial charge in [-0.1, -0.05) is 103 Å². The Labute approximate surface area is 235 Å². The van der Waals surface area contributed by atoms with Gasteiger partial charge in [0.2, 0.25) is 0 Å². The van der Waals surface area contributed by atoms with Crippen LogP contribution in [0.3, 0.4) is 0 Å². The third-order valence-electron chi connectivity index (χ3n) is 9.01. The molecule has 1 unspecified atom stereocenters. The van der Waals surface area contributed by atoms with E-state index in [4.69, 9.17) is 4.74 Å². The van der Waals surface area contributed by atoms with Gasteiger partial charge in [0.05, 0.1) is 25.4 Å². The highest BCUT2D eigenvalue weighted by Gasteiger charge is 2.60. The lowest BCUT2D eigenvalue weighted by atomic mass is 9.53. The van der Waals surface area contributed by atoms with Crippen molar-refractivity contribution in [1.82, 2.24) is 5.32 Å².